The first-order valence-electron chi connectivity index (χ1n) is 8.49. The molecule has 2 aromatic carbocycles. The molecule has 0 saturated heterocycles. The van der Waals surface area contributed by atoms with Crippen molar-refractivity contribution in [3.05, 3.63) is 64.8 Å². The highest BCUT2D eigenvalue weighted by Crippen LogP contribution is 2.20. The topological polar surface area (TPSA) is 86.2 Å². The molecule has 7 nitrogen and oxygen atoms in total. The Bertz CT molecular complexity index is 1280. The molecule has 0 bridgehead atoms. The summed E-state index contributed by atoms with van der Waals surface area (Å²) in [5.41, 5.74) is 1.84. The molecule has 0 unspecified atom stereocenters. The number of fused-ring (bicyclic) bond motifs is 2. The summed E-state index contributed by atoms with van der Waals surface area (Å²) in [4.78, 5) is 12.1. The van der Waals surface area contributed by atoms with Gasteiger partial charge < -0.3 is 4.42 Å². The molecule has 0 aliphatic rings. The monoisotopic (exact) mass is 385 g/mol. The number of aryl methyl sites for hydroxylation is 2. The van der Waals surface area contributed by atoms with Crippen LogP contribution in [-0.2, 0) is 30.5 Å². The van der Waals surface area contributed by atoms with Crippen LogP contribution in [0.3, 0.4) is 0 Å². The van der Waals surface area contributed by atoms with Crippen LogP contribution < -0.4 is 10.4 Å². The number of para-hydroxylation sites is 1. The van der Waals surface area contributed by atoms with Crippen molar-refractivity contribution in [3.8, 4) is 0 Å². The van der Waals surface area contributed by atoms with Gasteiger partial charge in [0.05, 0.1) is 15.9 Å². The number of benzene rings is 2. The molecule has 0 fully saturated rings. The van der Waals surface area contributed by atoms with E-state index in [1.165, 1.54) is 21.3 Å². The van der Waals surface area contributed by atoms with E-state index in [-0.39, 0.29) is 17.1 Å². The van der Waals surface area contributed by atoms with Gasteiger partial charge in [-0.05, 0) is 30.3 Å². The number of nitrogens with one attached hydrogen (secondary N) is 1. The summed E-state index contributed by atoms with van der Waals surface area (Å²) in [5, 5.41) is 0.991. The molecule has 0 spiro atoms. The van der Waals surface area contributed by atoms with Crippen LogP contribution in [0.5, 0.6) is 0 Å². The third-order valence-corrected chi connectivity index (χ3v) is 6.15. The second kappa shape index (κ2) is 6.40. The molecule has 0 radical (unpaired) electrons. The highest BCUT2D eigenvalue weighted by molar-refractivity contribution is 7.89. The summed E-state index contributed by atoms with van der Waals surface area (Å²) in [6.45, 7) is 0.216. The van der Waals surface area contributed by atoms with Gasteiger partial charge >= 0.3 is 5.69 Å². The number of furan rings is 1. The zero-order valence-electron chi connectivity index (χ0n) is 15.0. The van der Waals surface area contributed by atoms with Crippen LogP contribution in [0.2, 0.25) is 0 Å². The molecule has 2 aromatic heterocycles. The molecule has 0 aliphatic heterocycles. The van der Waals surface area contributed by atoms with Gasteiger partial charge in [-0.25, -0.2) is 17.9 Å². The average molecular weight is 385 g/mol. The van der Waals surface area contributed by atoms with E-state index in [2.05, 4.69) is 4.72 Å². The van der Waals surface area contributed by atoms with Gasteiger partial charge in [0.1, 0.15) is 11.3 Å². The number of rotatable bonds is 5. The quantitative estimate of drug-likeness (QED) is 0.570. The van der Waals surface area contributed by atoms with Gasteiger partial charge in [-0.3, -0.25) is 9.13 Å². The lowest BCUT2D eigenvalue weighted by Crippen LogP contribution is -2.26. The minimum atomic E-state index is -3.69. The maximum absolute atomic E-state index is 12.6. The lowest BCUT2D eigenvalue weighted by atomic mass is 10.2. The van der Waals surface area contributed by atoms with Gasteiger partial charge in [0, 0.05) is 32.4 Å². The summed E-state index contributed by atoms with van der Waals surface area (Å²) in [6, 6.07) is 14.2. The van der Waals surface area contributed by atoms with Crippen molar-refractivity contribution in [2.45, 2.75) is 11.3 Å². The van der Waals surface area contributed by atoms with E-state index in [1.54, 1.807) is 20.2 Å². The predicted octanol–water partition coefficient (Wildman–Crippen LogP) is 2.14. The zero-order chi connectivity index (χ0) is 19.2. The zero-order valence-corrected chi connectivity index (χ0v) is 15.8. The molecular formula is C19H19N3O4S. The number of nitrogens with zero attached hydrogens (tertiary/aromatic N) is 2. The number of hydrogen-bond acceptors (Lipinski definition) is 4. The van der Waals surface area contributed by atoms with Crippen molar-refractivity contribution >= 4 is 32.0 Å². The molecule has 2 heterocycles. The van der Waals surface area contributed by atoms with E-state index in [0.717, 1.165) is 16.7 Å². The Labute approximate surface area is 155 Å². The van der Waals surface area contributed by atoms with Crippen LogP contribution in [0.15, 0.2) is 62.6 Å². The molecule has 140 valence electrons. The first-order valence-corrected chi connectivity index (χ1v) is 9.98. The molecule has 4 rings (SSSR count). The lowest BCUT2D eigenvalue weighted by Gasteiger charge is -2.06. The van der Waals surface area contributed by atoms with Crippen molar-refractivity contribution in [2.24, 2.45) is 14.1 Å². The van der Waals surface area contributed by atoms with Gasteiger partial charge in [0.15, 0.2) is 0 Å². The SMILES string of the molecule is Cn1c(=O)n(C)c2cc(S(=O)(=O)NCCc3cc4ccccc4o3)ccc21. The first-order chi connectivity index (χ1) is 12.9. The molecule has 0 amide bonds. The van der Waals surface area contributed by atoms with Gasteiger partial charge in [0.2, 0.25) is 10.0 Å². The Balaban J connectivity index is 1.53. The largest absolute Gasteiger partial charge is 0.461 e. The second-order valence-electron chi connectivity index (χ2n) is 6.45. The van der Waals surface area contributed by atoms with Crippen LogP contribution in [0.1, 0.15) is 5.76 Å². The third kappa shape index (κ3) is 3.07. The van der Waals surface area contributed by atoms with Gasteiger partial charge in [-0.1, -0.05) is 18.2 Å². The van der Waals surface area contributed by atoms with E-state index in [9.17, 15) is 13.2 Å². The fourth-order valence-electron chi connectivity index (χ4n) is 3.21. The minimum Gasteiger partial charge on any atom is -0.461 e. The molecule has 0 saturated carbocycles. The first kappa shape index (κ1) is 17.6. The highest BCUT2D eigenvalue weighted by atomic mass is 32.2. The molecule has 1 N–H and O–H groups in total. The van der Waals surface area contributed by atoms with E-state index in [0.29, 0.717) is 17.5 Å². The molecule has 8 heteroatoms. The number of sulfonamides is 1. The van der Waals surface area contributed by atoms with Crippen molar-refractivity contribution in [2.75, 3.05) is 6.54 Å². The average Bonchev–Trinajstić information content (AvgIpc) is 3.16. The smallest absolute Gasteiger partial charge is 0.328 e. The van der Waals surface area contributed by atoms with Crippen LogP contribution in [0.25, 0.3) is 22.0 Å². The predicted molar refractivity (Wildman–Crippen MR) is 103 cm³/mol. The second-order valence-corrected chi connectivity index (χ2v) is 8.22. The van der Waals surface area contributed by atoms with E-state index in [4.69, 9.17) is 4.42 Å². The fraction of sp³-hybridized carbons (Fsp3) is 0.211. The maximum atomic E-state index is 12.6. The Morgan fingerprint density at radius 2 is 1.74 bits per heavy atom. The summed E-state index contributed by atoms with van der Waals surface area (Å²) in [5.74, 6) is 0.722. The van der Waals surface area contributed by atoms with Crippen molar-refractivity contribution in [1.29, 1.82) is 0 Å². The molecule has 27 heavy (non-hydrogen) atoms. The number of imidazole rings is 1. The van der Waals surface area contributed by atoms with Gasteiger partial charge in [-0.2, -0.15) is 0 Å². The van der Waals surface area contributed by atoms with Crippen LogP contribution in [0.4, 0.5) is 0 Å². The van der Waals surface area contributed by atoms with E-state index in [1.807, 2.05) is 30.3 Å². The van der Waals surface area contributed by atoms with E-state index >= 15 is 0 Å². The molecule has 0 atom stereocenters. The summed E-state index contributed by atoms with van der Waals surface area (Å²) >= 11 is 0. The molecular weight excluding hydrogens is 366 g/mol. The Morgan fingerprint density at radius 1 is 1.00 bits per heavy atom. The number of aromatic nitrogens is 2. The van der Waals surface area contributed by atoms with Gasteiger partial charge in [0.25, 0.3) is 0 Å². The summed E-state index contributed by atoms with van der Waals surface area (Å²) in [7, 11) is -0.410. The standard InChI is InChI=1S/C19H19N3O4S/c1-21-16-8-7-15(12-17(16)22(2)19(21)23)27(24,25)20-10-9-14-11-13-5-3-4-6-18(13)26-14/h3-8,11-12,20H,9-10H2,1-2H3. The lowest BCUT2D eigenvalue weighted by molar-refractivity contribution is 0.540. The van der Waals surface area contributed by atoms with Crippen molar-refractivity contribution in [1.82, 2.24) is 13.9 Å². The number of hydrogen-bond donors (Lipinski definition) is 1. The van der Waals surface area contributed by atoms with Crippen molar-refractivity contribution in [3.63, 3.8) is 0 Å². The Morgan fingerprint density at radius 3 is 2.52 bits per heavy atom. The summed E-state index contributed by atoms with van der Waals surface area (Å²) < 4.78 is 36.4. The van der Waals surface area contributed by atoms with Gasteiger partial charge in [-0.15, -0.1) is 0 Å². The van der Waals surface area contributed by atoms with E-state index < -0.39 is 10.0 Å². The maximum Gasteiger partial charge on any atom is 0.328 e. The fourth-order valence-corrected chi connectivity index (χ4v) is 4.26. The third-order valence-electron chi connectivity index (χ3n) is 4.69. The Kier molecular flexibility index (Phi) is 4.16. The minimum absolute atomic E-state index is 0.126. The summed E-state index contributed by atoms with van der Waals surface area (Å²) in [6.07, 6.45) is 0.444. The molecule has 0 aliphatic carbocycles. The van der Waals surface area contributed by atoms with Crippen LogP contribution >= 0.6 is 0 Å². The normalized spacial score (nSPS) is 12.2. The molecule has 4 aromatic rings. The van der Waals surface area contributed by atoms with Crippen LogP contribution in [-0.4, -0.2) is 24.1 Å². The Hall–Kier alpha value is -2.84. The van der Waals surface area contributed by atoms with Crippen molar-refractivity contribution < 1.29 is 12.8 Å². The van der Waals surface area contributed by atoms with Crippen LogP contribution in [0, 0.1) is 0 Å². The highest BCUT2D eigenvalue weighted by Gasteiger charge is 2.17.